The van der Waals surface area contributed by atoms with E-state index in [9.17, 15) is 43.2 Å². The molecule has 0 aromatic carbocycles. The predicted octanol–water partition coefficient (Wildman–Crippen LogP) is -1.38. The molecule has 0 aromatic heterocycles. The summed E-state index contributed by atoms with van der Waals surface area (Å²) in [6, 6.07) is 0. The van der Waals surface area contributed by atoms with E-state index in [1.807, 2.05) is 0 Å². The van der Waals surface area contributed by atoms with Gasteiger partial charge >= 0.3 is 0 Å². The first-order chi connectivity index (χ1) is 19.2. The molecule has 18 heteroatoms. The Hall–Kier alpha value is -0.999. The number of imide groups is 3. The number of hydrogen-bond acceptors (Lipinski definition) is 9. The van der Waals surface area contributed by atoms with Gasteiger partial charge in [0.25, 0.3) is 35.4 Å². The summed E-state index contributed by atoms with van der Waals surface area (Å²) in [6.45, 7) is 2.89. The largest absolute Gasteiger partial charge is 0.300 e. The summed E-state index contributed by atoms with van der Waals surface area (Å²) < 4.78 is 6.76. The molecule has 0 bridgehead atoms. The molecule has 0 aliphatic carbocycles. The Morgan fingerprint density at radius 3 is 1.42 bits per heavy atom. The molecule has 0 saturated carbocycles. The van der Waals surface area contributed by atoms with Gasteiger partial charge in [-0.25, -0.2) is 0 Å². The zero-order chi connectivity index (χ0) is 31.4. The molecule has 3 rings (SSSR count). The van der Waals surface area contributed by atoms with Crippen molar-refractivity contribution in [1.82, 2.24) is 14.7 Å². The van der Waals surface area contributed by atoms with Gasteiger partial charge in [-0.3, -0.25) is 53.1 Å². The third kappa shape index (κ3) is 14.3. The van der Waals surface area contributed by atoms with Crippen LogP contribution in [0.2, 0.25) is 5.82 Å². The van der Waals surface area contributed by atoms with Crippen LogP contribution in [0.3, 0.4) is 0 Å². The Morgan fingerprint density at radius 1 is 0.674 bits per heavy atom. The van der Waals surface area contributed by atoms with Crippen LogP contribution in [0, 0.1) is 93.3 Å². The van der Waals surface area contributed by atoms with Crippen molar-refractivity contribution in [1.29, 1.82) is 0 Å². The van der Waals surface area contributed by atoms with Gasteiger partial charge in [0.15, 0.2) is 0 Å². The Balaban J connectivity index is -0.000000555. The molecule has 3 heterocycles. The molecule has 3 aliphatic heterocycles. The molecule has 12 nitrogen and oxygen atoms in total. The SMILES string of the molecule is [2H]CC(=O)CC([B])N1C(=O)C=CC1=O.[B]C(C(=O)CC)N1C(=O)C=CC1=O.[B]C(CN1C(=O)C=CC1=O)C(=O)CC.[U].[U].[U]. The fourth-order valence-corrected chi connectivity index (χ4v) is 3.27. The van der Waals surface area contributed by atoms with E-state index in [0.29, 0.717) is 6.42 Å². The van der Waals surface area contributed by atoms with E-state index in [1.54, 1.807) is 13.8 Å². The number of nitrogens with zero attached hydrogens (tertiary/aromatic N) is 3. The molecule has 0 N–H and O–H groups in total. The van der Waals surface area contributed by atoms with Gasteiger partial charge in [-0.15, -0.1) is 0 Å². The van der Waals surface area contributed by atoms with Crippen molar-refractivity contribution in [2.24, 2.45) is 0 Å². The molecule has 3 aliphatic rings. The van der Waals surface area contributed by atoms with E-state index in [1.165, 1.54) is 12.2 Å². The van der Waals surface area contributed by atoms with Gasteiger partial charge in [0.05, 0.1) is 13.8 Å². The van der Waals surface area contributed by atoms with E-state index >= 15 is 0 Å². The molecule has 0 aromatic rings. The van der Waals surface area contributed by atoms with Crippen LogP contribution < -0.4 is 0 Å². The van der Waals surface area contributed by atoms with Crippen LogP contribution in [0.4, 0.5) is 0 Å². The second-order valence-corrected chi connectivity index (χ2v) is 8.38. The summed E-state index contributed by atoms with van der Waals surface area (Å²) in [7, 11) is 16.4. The Bertz CT molecular complexity index is 1180. The molecule has 3 unspecified atom stereocenters. The van der Waals surface area contributed by atoms with E-state index in [0.717, 1.165) is 39.0 Å². The van der Waals surface area contributed by atoms with Crippen molar-refractivity contribution in [2.75, 3.05) is 6.54 Å². The predicted molar refractivity (Wildman–Crippen MR) is 142 cm³/mol. The van der Waals surface area contributed by atoms with Crippen molar-refractivity contribution in [3.8, 4) is 0 Å². The average Bonchev–Trinajstić information content (AvgIpc) is 3.58. The first-order valence-corrected chi connectivity index (χ1v) is 12.0. The van der Waals surface area contributed by atoms with Crippen molar-refractivity contribution < 1.29 is 138 Å². The second kappa shape index (κ2) is 22.5. The average molecular weight is 1260 g/mol. The molecule has 0 spiro atoms. The molecular formula is C25H26B3N3O9U3. The van der Waals surface area contributed by atoms with Crippen LogP contribution in [0.25, 0.3) is 0 Å². The first kappa shape index (κ1) is 44.1. The quantitative estimate of drug-likeness (QED) is 0.190. The molecule has 3 atom stereocenters. The number of carbonyl (C=O) groups excluding carboxylic acids is 9. The molecule has 0 fully saturated rings. The second-order valence-electron chi connectivity index (χ2n) is 8.38. The van der Waals surface area contributed by atoms with Gasteiger partial charge in [0.1, 0.15) is 33.0 Å². The Labute approximate surface area is 326 Å². The summed E-state index contributed by atoms with van der Waals surface area (Å²) in [5.74, 6) is -6.65. The third-order valence-electron chi connectivity index (χ3n) is 5.45. The zero-order valence-electron chi connectivity index (χ0n) is 24.5. The van der Waals surface area contributed by atoms with Gasteiger partial charge in [-0.2, -0.15) is 0 Å². The topological polar surface area (TPSA) is 163 Å². The summed E-state index contributed by atoms with van der Waals surface area (Å²) in [4.78, 5) is 102. The number of amides is 6. The van der Waals surface area contributed by atoms with Gasteiger partial charge in [-0.1, -0.05) is 13.8 Å². The van der Waals surface area contributed by atoms with Crippen LogP contribution in [0.1, 0.15) is 41.4 Å². The minimum atomic E-state index is -1.14. The Morgan fingerprint density at radius 2 is 1.05 bits per heavy atom. The van der Waals surface area contributed by atoms with Crippen LogP contribution in [-0.2, 0) is 43.2 Å². The number of rotatable bonds is 10. The van der Waals surface area contributed by atoms with Gasteiger partial charge in [-0.05, 0) is 12.7 Å². The van der Waals surface area contributed by atoms with Gasteiger partial charge < -0.3 is 4.79 Å². The van der Waals surface area contributed by atoms with E-state index in [-0.39, 0.29) is 124 Å². The molecule has 6 radical (unpaired) electrons. The number of ketones is 3. The van der Waals surface area contributed by atoms with Crippen LogP contribution in [0.5, 0.6) is 0 Å². The minimum absolute atomic E-state index is 0. The molecule has 43 heavy (non-hydrogen) atoms. The minimum Gasteiger partial charge on any atom is -0.300 e. The first-order valence-electron chi connectivity index (χ1n) is 12.7. The standard InChI is InChI=1S/C9H10BNO3.2C8H8BNO3.3U/c1-2-7(12)6(10)5-11-8(13)3-4-9(11)14;1-5(11)4-6(9)10-7(12)2-3-8(10)13;1-2-5(11)8(9)10-6(12)3-4-7(10)13;;;/h3-4,6H,2,5H2,1H3;2-3,6H,4H2,1H3;3-4,8H,2H2,1H3;;;/i;1D;;;;. The molecule has 6 amide bonds. The molecule has 0 saturated heterocycles. The third-order valence-corrected chi connectivity index (χ3v) is 5.45. The maximum atomic E-state index is 11.1. The normalized spacial score (nSPS) is 17.0. The summed E-state index contributed by atoms with van der Waals surface area (Å²) in [5.41, 5.74) is 0. The fourth-order valence-electron chi connectivity index (χ4n) is 3.27. The van der Waals surface area contributed by atoms with Crippen molar-refractivity contribution in [3.05, 3.63) is 36.5 Å². The van der Waals surface area contributed by atoms with Crippen LogP contribution >= 0.6 is 0 Å². The summed E-state index contributed by atoms with van der Waals surface area (Å²) in [6.07, 6.45) is 7.11. The molecular weight excluding hydrogens is 1230 g/mol. The van der Waals surface area contributed by atoms with Crippen molar-refractivity contribution >= 4 is 76.3 Å². The zero-order valence-corrected chi connectivity index (χ0v) is 36.0. The van der Waals surface area contributed by atoms with Gasteiger partial charge in [0.2, 0.25) is 0 Å². The molecule has 216 valence electrons. The van der Waals surface area contributed by atoms with E-state index < -0.39 is 65.8 Å². The fraction of sp³-hybridized carbons (Fsp3) is 0.400. The van der Waals surface area contributed by atoms with Crippen molar-refractivity contribution in [3.63, 3.8) is 0 Å². The maximum absolute atomic E-state index is 11.1. The van der Waals surface area contributed by atoms with Crippen molar-refractivity contribution in [2.45, 2.75) is 57.7 Å². The smallest absolute Gasteiger partial charge is 0.253 e. The monoisotopic (exact) mass is 1260 g/mol. The van der Waals surface area contributed by atoms with Gasteiger partial charge in [0, 0.05) is 163 Å². The maximum Gasteiger partial charge on any atom is 0.253 e. The number of Topliss-reactive ketones (excluding diaryl/α,β-unsaturated/α-hetero) is 3. The number of carbonyl (C=O) groups is 9. The van der Waals surface area contributed by atoms with Crippen LogP contribution in [0.15, 0.2) is 36.5 Å². The van der Waals surface area contributed by atoms with E-state index in [2.05, 4.69) is 0 Å². The summed E-state index contributed by atoms with van der Waals surface area (Å²) >= 11 is 0. The summed E-state index contributed by atoms with van der Waals surface area (Å²) in [5, 5.41) is 0. The Kier molecular flexibility index (Phi) is 23.1. The van der Waals surface area contributed by atoms with Crippen LogP contribution in [-0.4, -0.2) is 109 Å². The number of hydrogen-bond donors (Lipinski definition) is 0. The van der Waals surface area contributed by atoms with E-state index in [4.69, 9.17) is 24.9 Å².